The summed E-state index contributed by atoms with van der Waals surface area (Å²) in [6.45, 7) is 5.74. The lowest BCUT2D eigenvalue weighted by Gasteiger charge is -2.25. The Morgan fingerprint density at radius 1 is 1.26 bits per heavy atom. The van der Waals surface area contributed by atoms with Crippen molar-refractivity contribution in [3.05, 3.63) is 30.1 Å². The van der Waals surface area contributed by atoms with E-state index in [4.69, 9.17) is 0 Å². The summed E-state index contributed by atoms with van der Waals surface area (Å²) >= 11 is 0. The van der Waals surface area contributed by atoms with Gasteiger partial charge in [-0.05, 0) is 32.9 Å². The maximum absolute atomic E-state index is 13.7. The van der Waals surface area contributed by atoms with Crippen LogP contribution in [0.3, 0.4) is 0 Å². The Morgan fingerprint density at radius 2 is 1.85 bits per heavy atom. The van der Waals surface area contributed by atoms with Gasteiger partial charge in [0.2, 0.25) is 5.91 Å². The standard InChI is InChI=1S/C17H27FN4O3S.HI/c1-17(2,3)21-15(23)12-22(5)16(19-4)20-10-11-26(24,25)14-9-7-6-8-13(14)18;/h6-9H,10-12H2,1-5H3,(H,19,20)(H,21,23);1H. The largest absolute Gasteiger partial charge is 0.355 e. The second kappa shape index (κ2) is 10.8. The lowest BCUT2D eigenvalue weighted by molar-refractivity contribution is -0.122. The van der Waals surface area contributed by atoms with E-state index in [0.29, 0.717) is 5.96 Å². The monoisotopic (exact) mass is 514 g/mol. The fourth-order valence-electron chi connectivity index (χ4n) is 2.24. The van der Waals surface area contributed by atoms with Crippen LogP contribution in [0.5, 0.6) is 0 Å². The van der Waals surface area contributed by atoms with Crippen LogP contribution < -0.4 is 10.6 Å². The number of sulfone groups is 1. The van der Waals surface area contributed by atoms with Gasteiger partial charge in [0.05, 0.1) is 12.3 Å². The SMILES string of the molecule is CN=C(NCCS(=O)(=O)c1ccccc1F)N(C)CC(=O)NC(C)(C)C.I. The van der Waals surface area contributed by atoms with E-state index < -0.39 is 15.7 Å². The highest BCUT2D eigenvalue weighted by Gasteiger charge is 2.20. The molecule has 0 saturated heterocycles. The van der Waals surface area contributed by atoms with E-state index in [0.717, 1.165) is 6.07 Å². The molecule has 0 fully saturated rings. The van der Waals surface area contributed by atoms with Gasteiger partial charge in [0, 0.05) is 26.2 Å². The van der Waals surface area contributed by atoms with Crippen molar-refractivity contribution in [1.82, 2.24) is 15.5 Å². The first-order chi connectivity index (χ1) is 12.0. The normalized spacial score (nSPS) is 12.1. The molecule has 1 amide bonds. The van der Waals surface area contributed by atoms with Gasteiger partial charge in [-0.3, -0.25) is 9.79 Å². The van der Waals surface area contributed by atoms with E-state index in [-0.39, 0.29) is 59.2 Å². The molecular formula is C17H28FIN4O3S. The Labute approximate surface area is 177 Å². The van der Waals surface area contributed by atoms with Gasteiger partial charge in [-0.2, -0.15) is 0 Å². The molecule has 0 radical (unpaired) electrons. The molecule has 0 aromatic heterocycles. The van der Waals surface area contributed by atoms with E-state index in [1.54, 1.807) is 11.9 Å². The number of hydrogen-bond acceptors (Lipinski definition) is 4. The molecule has 0 aliphatic heterocycles. The molecule has 0 aliphatic carbocycles. The van der Waals surface area contributed by atoms with Crippen LogP contribution in [0.4, 0.5) is 4.39 Å². The number of benzene rings is 1. The summed E-state index contributed by atoms with van der Waals surface area (Å²) in [5.41, 5.74) is -0.345. The Bertz CT molecular complexity index is 764. The van der Waals surface area contributed by atoms with Crippen LogP contribution in [0.2, 0.25) is 0 Å². The zero-order valence-corrected chi connectivity index (χ0v) is 19.4. The summed E-state index contributed by atoms with van der Waals surface area (Å²) in [6, 6.07) is 5.26. The lowest BCUT2D eigenvalue weighted by Crippen LogP contribution is -2.49. The minimum atomic E-state index is -3.76. The van der Waals surface area contributed by atoms with Crippen LogP contribution in [-0.2, 0) is 14.6 Å². The Kier molecular flexibility index (Phi) is 10.2. The van der Waals surface area contributed by atoms with Crippen LogP contribution in [0.15, 0.2) is 34.2 Å². The van der Waals surface area contributed by atoms with Crippen molar-refractivity contribution in [3.63, 3.8) is 0 Å². The highest BCUT2D eigenvalue weighted by atomic mass is 127. The third-order valence-corrected chi connectivity index (χ3v) is 5.04. The van der Waals surface area contributed by atoms with Gasteiger partial charge in [0.15, 0.2) is 15.8 Å². The molecule has 0 aliphatic rings. The Balaban J connectivity index is 0.00000676. The van der Waals surface area contributed by atoms with Crippen LogP contribution in [0.1, 0.15) is 20.8 Å². The quantitative estimate of drug-likeness (QED) is 0.342. The van der Waals surface area contributed by atoms with Crippen molar-refractivity contribution in [1.29, 1.82) is 0 Å². The maximum Gasteiger partial charge on any atom is 0.240 e. The smallest absolute Gasteiger partial charge is 0.240 e. The summed E-state index contributed by atoms with van der Waals surface area (Å²) in [5, 5.41) is 5.71. The van der Waals surface area contributed by atoms with Crippen molar-refractivity contribution in [2.45, 2.75) is 31.2 Å². The fourth-order valence-corrected chi connectivity index (χ4v) is 3.48. The molecule has 0 spiro atoms. The molecule has 0 unspecified atom stereocenters. The van der Waals surface area contributed by atoms with E-state index >= 15 is 0 Å². The number of carbonyl (C=O) groups is 1. The second-order valence-electron chi connectivity index (χ2n) is 6.88. The van der Waals surface area contributed by atoms with E-state index in [2.05, 4.69) is 15.6 Å². The second-order valence-corrected chi connectivity index (χ2v) is 8.96. The highest BCUT2D eigenvalue weighted by molar-refractivity contribution is 14.0. The molecule has 0 saturated carbocycles. The molecule has 2 N–H and O–H groups in total. The van der Waals surface area contributed by atoms with Crippen LogP contribution >= 0.6 is 24.0 Å². The number of hydrogen-bond donors (Lipinski definition) is 2. The number of nitrogens with one attached hydrogen (secondary N) is 2. The predicted octanol–water partition coefficient (Wildman–Crippen LogP) is 1.64. The number of nitrogens with zero attached hydrogens (tertiary/aromatic N) is 2. The lowest BCUT2D eigenvalue weighted by atomic mass is 10.1. The van der Waals surface area contributed by atoms with Crippen LogP contribution in [-0.4, -0.2) is 63.7 Å². The molecule has 0 atom stereocenters. The van der Waals surface area contributed by atoms with E-state index in [1.807, 2.05) is 20.8 Å². The third-order valence-electron chi connectivity index (χ3n) is 3.29. The highest BCUT2D eigenvalue weighted by Crippen LogP contribution is 2.14. The Morgan fingerprint density at radius 3 is 2.37 bits per heavy atom. The number of carbonyl (C=O) groups excluding carboxylic acids is 1. The number of likely N-dealkylation sites (N-methyl/N-ethyl adjacent to an activating group) is 1. The van der Waals surface area contributed by atoms with Crippen molar-refractivity contribution in [2.75, 3.05) is 32.9 Å². The molecule has 1 aromatic rings. The van der Waals surface area contributed by atoms with Gasteiger partial charge in [-0.1, -0.05) is 12.1 Å². The van der Waals surface area contributed by atoms with Gasteiger partial charge in [0.1, 0.15) is 10.7 Å². The fraction of sp³-hybridized carbons (Fsp3) is 0.529. The number of guanidine groups is 1. The summed E-state index contributed by atoms with van der Waals surface area (Å²) < 4.78 is 38.1. The molecule has 7 nitrogen and oxygen atoms in total. The first kappa shape index (κ1) is 25.6. The minimum Gasteiger partial charge on any atom is -0.355 e. The first-order valence-electron chi connectivity index (χ1n) is 8.16. The molecule has 0 heterocycles. The van der Waals surface area contributed by atoms with Gasteiger partial charge in [-0.15, -0.1) is 24.0 Å². The van der Waals surface area contributed by atoms with Gasteiger partial charge < -0.3 is 15.5 Å². The van der Waals surface area contributed by atoms with E-state index in [1.165, 1.54) is 25.2 Å². The maximum atomic E-state index is 13.7. The molecule has 0 bridgehead atoms. The van der Waals surface area contributed by atoms with Crippen LogP contribution in [0.25, 0.3) is 0 Å². The molecule has 10 heteroatoms. The van der Waals surface area contributed by atoms with E-state index in [9.17, 15) is 17.6 Å². The zero-order chi connectivity index (χ0) is 20.0. The van der Waals surface area contributed by atoms with Crippen molar-refractivity contribution in [2.24, 2.45) is 4.99 Å². The predicted molar refractivity (Wildman–Crippen MR) is 116 cm³/mol. The minimum absolute atomic E-state index is 0. The van der Waals surface area contributed by atoms with Crippen molar-refractivity contribution >= 4 is 45.7 Å². The average molecular weight is 514 g/mol. The topological polar surface area (TPSA) is 90.9 Å². The Hall–Kier alpha value is -1.43. The number of amides is 1. The third kappa shape index (κ3) is 8.87. The summed E-state index contributed by atoms with van der Waals surface area (Å²) in [7, 11) is -0.555. The van der Waals surface area contributed by atoms with Gasteiger partial charge in [-0.25, -0.2) is 12.8 Å². The number of halogens is 2. The summed E-state index contributed by atoms with van der Waals surface area (Å²) in [5.74, 6) is -0.873. The van der Waals surface area contributed by atoms with Gasteiger partial charge in [0.25, 0.3) is 0 Å². The summed E-state index contributed by atoms with van der Waals surface area (Å²) in [4.78, 5) is 17.3. The zero-order valence-electron chi connectivity index (χ0n) is 16.2. The molecule has 27 heavy (non-hydrogen) atoms. The molecule has 1 rings (SSSR count). The average Bonchev–Trinajstić information content (AvgIpc) is 2.49. The van der Waals surface area contributed by atoms with Crippen molar-refractivity contribution < 1.29 is 17.6 Å². The first-order valence-corrected chi connectivity index (χ1v) is 9.81. The number of rotatable bonds is 6. The molecular weight excluding hydrogens is 486 g/mol. The van der Waals surface area contributed by atoms with Crippen LogP contribution in [0, 0.1) is 5.82 Å². The number of aliphatic imine (C=N–C) groups is 1. The molecule has 154 valence electrons. The molecule has 1 aromatic carbocycles. The van der Waals surface area contributed by atoms with Crippen molar-refractivity contribution in [3.8, 4) is 0 Å². The summed E-state index contributed by atoms with van der Waals surface area (Å²) in [6.07, 6.45) is 0. The van der Waals surface area contributed by atoms with Gasteiger partial charge >= 0.3 is 0 Å².